The molecule has 0 bridgehead atoms. The van der Waals surface area contributed by atoms with Crippen LogP contribution in [-0.4, -0.2) is 49.2 Å². The van der Waals surface area contributed by atoms with Gasteiger partial charge in [0.05, 0.1) is 29.7 Å². The highest BCUT2D eigenvalue weighted by Gasteiger charge is 2.30. The Labute approximate surface area is 193 Å². The average Bonchev–Trinajstić information content (AvgIpc) is 3.32. The Balaban J connectivity index is 1.57. The summed E-state index contributed by atoms with van der Waals surface area (Å²) in [6, 6.07) is 7.43. The van der Waals surface area contributed by atoms with Gasteiger partial charge in [0.2, 0.25) is 5.91 Å². The van der Waals surface area contributed by atoms with Crippen LogP contribution in [0.3, 0.4) is 0 Å². The van der Waals surface area contributed by atoms with Crippen LogP contribution >= 0.6 is 0 Å². The van der Waals surface area contributed by atoms with Crippen molar-refractivity contribution in [1.82, 2.24) is 4.90 Å². The van der Waals surface area contributed by atoms with Gasteiger partial charge in [0.25, 0.3) is 5.69 Å². The molecular formula is C23H22F2N2O7. The number of amides is 1. The first kappa shape index (κ1) is 23.3. The molecule has 2 aliphatic rings. The van der Waals surface area contributed by atoms with Crippen LogP contribution in [0.4, 0.5) is 14.5 Å². The summed E-state index contributed by atoms with van der Waals surface area (Å²) in [6.45, 7) is -1.72. The number of fused-ring (bicyclic) bond motifs is 1. The number of rotatable bonds is 7. The van der Waals surface area contributed by atoms with Crippen molar-refractivity contribution in [2.24, 2.45) is 0 Å². The second-order valence-corrected chi connectivity index (χ2v) is 7.62. The summed E-state index contributed by atoms with van der Waals surface area (Å²) in [5, 5.41) is 11.5. The van der Waals surface area contributed by atoms with Crippen LogP contribution < -0.4 is 18.9 Å². The molecule has 11 heteroatoms. The van der Waals surface area contributed by atoms with Crippen molar-refractivity contribution >= 4 is 17.7 Å². The van der Waals surface area contributed by atoms with Crippen molar-refractivity contribution in [2.75, 3.05) is 26.9 Å². The molecule has 1 unspecified atom stereocenters. The molecule has 2 aromatic carbocycles. The minimum absolute atomic E-state index is 0.0203. The minimum atomic E-state index is -3.18. The average molecular weight is 476 g/mol. The molecule has 0 radical (unpaired) electrons. The van der Waals surface area contributed by atoms with Gasteiger partial charge < -0.3 is 23.8 Å². The molecule has 180 valence electrons. The first-order chi connectivity index (χ1) is 16.4. The quantitative estimate of drug-likeness (QED) is 0.333. The van der Waals surface area contributed by atoms with Crippen LogP contribution in [0, 0.1) is 10.1 Å². The van der Waals surface area contributed by atoms with Gasteiger partial charge >= 0.3 is 6.61 Å². The molecule has 0 aromatic heterocycles. The molecule has 2 aromatic rings. The van der Waals surface area contributed by atoms with Crippen LogP contribution in [0.5, 0.6) is 23.0 Å². The fourth-order valence-corrected chi connectivity index (χ4v) is 4.11. The van der Waals surface area contributed by atoms with E-state index in [0.29, 0.717) is 31.3 Å². The number of carbonyl (C=O) groups excluding carboxylic acids is 1. The van der Waals surface area contributed by atoms with Gasteiger partial charge in [0.15, 0.2) is 23.0 Å². The van der Waals surface area contributed by atoms with E-state index in [1.807, 2.05) is 18.2 Å². The molecule has 0 N–H and O–H groups in total. The van der Waals surface area contributed by atoms with Gasteiger partial charge in [-0.1, -0.05) is 6.07 Å². The van der Waals surface area contributed by atoms with Crippen molar-refractivity contribution in [3.8, 4) is 23.0 Å². The van der Waals surface area contributed by atoms with Crippen LogP contribution in [0.25, 0.3) is 6.08 Å². The Kier molecular flexibility index (Phi) is 6.80. The maximum atomic E-state index is 13.0. The van der Waals surface area contributed by atoms with Gasteiger partial charge in [0, 0.05) is 12.6 Å². The number of methoxy groups -OCH3 is 1. The Morgan fingerprint density at radius 2 is 1.97 bits per heavy atom. The molecule has 2 heterocycles. The number of carbonyl (C=O) groups is 1. The third kappa shape index (κ3) is 4.87. The number of hydrogen-bond acceptors (Lipinski definition) is 7. The third-order valence-corrected chi connectivity index (χ3v) is 5.62. The molecular weight excluding hydrogens is 454 g/mol. The van der Waals surface area contributed by atoms with E-state index in [0.717, 1.165) is 24.5 Å². The summed E-state index contributed by atoms with van der Waals surface area (Å²) in [6.07, 6.45) is 4.05. The summed E-state index contributed by atoms with van der Waals surface area (Å²) in [5.74, 6) is 0.372. The Hall–Kier alpha value is -3.89. The minimum Gasteiger partial charge on any atom is -0.493 e. The van der Waals surface area contributed by atoms with Gasteiger partial charge in [-0.15, -0.1) is 0 Å². The molecule has 0 aliphatic carbocycles. The van der Waals surface area contributed by atoms with Crippen molar-refractivity contribution < 1.29 is 37.4 Å². The molecule has 1 amide bonds. The van der Waals surface area contributed by atoms with Crippen LogP contribution in [0.2, 0.25) is 0 Å². The standard InChI is InChI=1S/C23H22F2N2O7/c1-31-19-11-15(17(27(29)30)13-21(19)34-23(24)25)5-7-22(28)26-8-2-3-16(26)14-4-6-18-20(12-14)33-10-9-32-18/h4-7,11-13,16,23H,2-3,8-10H2,1H3/b7-5+. The lowest BCUT2D eigenvalue weighted by molar-refractivity contribution is -0.385. The predicted octanol–water partition coefficient (Wildman–Crippen LogP) is 4.35. The van der Waals surface area contributed by atoms with Crippen molar-refractivity contribution in [3.05, 3.63) is 57.6 Å². The summed E-state index contributed by atoms with van der Waals surface area (Å²) in [7, 11) is 1.22. The fourth-order valence-electron chi connectivity index (χ4n) is 4.11. The SMILES string of the molecule is COc1cc(/C=C/C(=O)N2CCCC2c2ccc3c(c2)OCCO3)c([N+](=O)[O-])cc1OC(F)F. The van der Waals surface area contributed by atoms with Crippen LogP contribution in [0.15, 0.2) is 36.4 Å². The molecule has 9 nitrogen and oxygen atoms in total. The highest BCUT2D eigenvalue weighted by Crippen LogP contribution is 2.39. The van der Waals surface area contributed by atoms with E-state index in [4.69, 9.17) is 14.2 Å². The smallest absolute Gasteiger partial charge is 0.387 e. The van der Waals surface area contributed by atoms with Crippen LogP contribution in [-0.2, 0) is 4.79 Å². The summed E-state index contributed by atoms with van der Waals surface area (Å²) < 4.78 is 45.8. The van der Waals surface area contributed by atoms with E-state index in [1.54, 1.807) is 4.90 Å². The molecule has 1 fully saturated rings. The number of ether oxygens (including phenoxy) is 4. The number of nitrogens with zero attached hydrogens (tertiary/aromatic N) is 2. The fraction of sp³-hybridized carbons (Fsp3) is 0.348. The zero-order valence-electron chi connectivity index (χ0n) is 18.2. The van der Waals surface area contributed by atoms with E-state index >= 15 is 0 Å². The van der Waals surface area contributed by atoms with E-state index in [1.165, 1.54) is 25.3 Å². The van der Waals surface area contributed by atoms with E-state index in [2.05, 4.69) is 4.74 Å². The van der Waals surface area contributed by atoms with Gasteiger partial charge in [-0.2, -0.15) is 8.78 Å². The first-order valence-corrected chi connectivity index (χ1v) is 10.6. The van der Waals surface area contributed by atoms with Crippen molar-refractivity contribution in [1.29, 1.82) is 0 Å². The predicted molar refractivity (Wildman–Crippen MR) is 116 cm³/mol. The maximum Gasteiger partial charge on any atom is 0.387 e. The molecule has 1 atom stereocenters. The maximum absolute atomic E-state index is 13.0. The highest BCUT2D eigenvalue weighted by molar-refractivity contribution is 5.93. The number of nitro benzene ring substituents is 1. The van der Waals surface area contributed by atoms with Gasteiger partial charge in [0.1, 0.15) is 13.2 Å². The lowest BCUT2D eigenvalue weighted by Crippen LogP contribution is -2.29. The number of halogens is 2. The third-order valence-electron chi connectivity index (χ3n) is 5.62. The summed E-state index contributed by atoms with van der Waals surface area (Å²) in [5.41, 5.74) is 0.432. The molecule has 1 saturated heterocycles. The summed E-state index contributed by atoms with van der Waals surface area (Å²) in [4.78, 5) is 25.4. The van der Waals surface area contributed by atoms with Crippen LogP contribution in [0.1, 0.15) is 30.0 Å². The Morgan fingerprint density at radius 1 is 1.21 bits per heavy atom. The second kappa shape index (κ2) is 9.94. The molecule has 0 spiro atoms. The monoisotopic (exact) mass is 476 g/mol. The largest absolute Gasteiger partial charge is 0.493 e. The van der Waals surface area contributed by atoms with E-state index in [-0.39, 0.29) is 23.3 Å². The van der Waals surface area contributed by atoms with Crippen molar-refractivity contribution in [3.63, 3.8) is 0 Å². The zero-order valence-corrected chi connectivity index (χ0v) is 18.2. The zero-order chi connectivity index (χ0) is 24.2. The number of likely N-dealkylation sites (tertiary alicyclic amines) is 1. The van der Waals surface area contributed by atoms with Gasteiger partial charge in [-0.05, 0) is 42.7 Å². The molecule has 0 saturated carbocycles. The number of alkyl halides is 2. The number of nitro groups is 1. The van der Waals surface area contributed by atoms with Crippen molar-refractivity contribution in [2.45, 2.75) is 25.5 Å². The Bertz CT molecular complexity index is 1120. The number of hydrogen-bond donors (Lipinski definition) is 0. The molecule has 2 aliphatic heterocycles. The molecule has 34 heavy (non-hydrogen) atoms. The lowest BCUT2D eigenvalue weighted by Gasteiger charge is -2.26. The highest BCUT2D eigenvalue weighted by atomic mass is 19.3. The Morgan fingerprint density at radius 3 is 2.68 bits per heavy atom. The second-order valence-electron chi connectivity index (χ2n) is 7.62. The molecule has 4 rings (SSSR count). The lowest BCUT2D eigenvalue weighted by atomic mass is 10.0. The van der Waals surface area contributed by atoms with E-state index in [9.17, 15) is 23.7 Å². The van der Waals surface area contributed by atoms with Gasteiger partial charge in [-0.3, -0.25) is 14.9 Å². The van der Waals surface area contributed by atoms with Gasteiger partial charge in [-0.25, -0.2) is 0 Å². The first-order valence-electron chi connectivity index (χ1n) is 10.6. The number of benzene rings is 2. The summed E-state index contributed by atoms with van der Waals surface area (Å²) >= 11 is 0. The topological polar surface area (TPSA) is 100 Å². The van der Waals surface area contributed by atoms with E-state index < -0.39 is 23.0 Å². The normalized spacial score (nSPS) is 17.3.